The average molecular weight is 373 g/mol. The molecule has 2 aromatic rings. The molecular formula is C20H23NO4S. The molecule has 1 N–H and O–H groups in total. The van der Waals surface area contributed by atoms with Crippen LogP contribution in [0.1, 0.15) is 24.0 Å². The van der Waals surface area contributed by atoms with Crippen molar-refractivity contribution in [3.05, 3.63) is 60.2 Å². The third kappa shape index (κ3) is 4.02. The Morgan fingerprint density at radius 2 is 1.88 bits per heavy atom. The highest BCUT2D eigenvalue weighted by molar-refractivity contribution is 7.92. The molecular weight excluding hydrogens is 350 g/mol. The average Bonchev–Trinajstić information content (AvgIpc) is 2.65. The van der Waals surface area contributed by atoms with Gasteiger partial charge in [-0.2, -0.15) is 0 Å². The van der Waals surface area contributed by atoms with Crippen molar-refractivity contribution in [1.82, 2.24) is 0 Å². The van der Waals surface area contributed by atoms with Crippen LogP contribution >= 0.6 is 0 Å². The van der Waals surface area contributed by atoms with Gasteiger partial charge in [0.2, 0.25) is 0 Å². The highest BCUT2D eigenvalue weighted by atomic mass is 32.2. The van der Waals surface area contributed by atoms with Gasteiger partial charge < -0.3 is 9.47 Å². The van der Waals surface area contributed by atoms with Gasteiger partial charge in [-0.05, 0) is 61.1 Å². The summed E-state index contributed by atoms with van der Waals surface area (Å²) in [6, 6.07) is 10.4. The summed E-state index contributed by atoms with van der Waals surface area (Å²) in [6.07, 6.45) is 5.69. The van der Waals surface area contributed by atoms with E-state index in [9.17, 15) is 8.42 Å². The SMILES string of the molecule is C=CCOc1cccc(NS(=O)(=O)c2cc3c(cc2OC)CCCC3)c1. The minimum absolute atomic E-state index is 0.165. The van der Waals surface area contributed by atoms with E-state index in [1.807, 2.05) is 6.07 Å². The molecule has 0 radical (unpaired) electrons. The summed E-state index contributed by atoms with van der Waals surface area (Å²) in [5.41, 5.74) is 2.69. The van der Waals surface area contributed by atoms with Crippen LogP contribution in [0.25, 0.3) is 0 Å². The zero-order chi connectivity index (χ0) is 18.6. The van der Waals surface area contributed by atoms with Crippen LogP contribution in [0.15, 0.2) is 53.9 Å². The maximum absolute atomic E-state index is 12.9. The molecule has 138 valence electrons. The summed E-state index contributed by atoms with van der Waals surface area (Å²) in [6.45, 7) is 3.96. The highest BCUT2D eigenvalue weighted by Gasteiger charge is 2.23. The molecule has 6 heteroatoms. The largest absolute Gasteiger partial charge is 0.495 e. The number of sulfonamides is 1. The zero-order valence-electron chi connectivity index (χ0n) is 14.8. The lowest BCUT2D eigenvalue weighted by molar-refractivity contribution is 0.363. The van der Waals surface area contributed by atoms with Gasteiger partial charge in [0.05, 0.1) is 12.8 Å². The Labute approximate surface area is 154 Å². The molecule has 3 rings (SSSR count). The van der Waals surface area contributed by atoms with E-state index in [-0.39, 0.29) is 4.90 Å². The van der Waals surface area contributed by atoms with Gasteiger partial charge >= 0.3 is 0 Å². The second-order valence-electron chi connectivity index (χ2n) is 6.21. The third-order valence-corrected chi connectivity index (χ3v) is 5.77. The first kappa shape index (κ1) is 18.3. The Bertz CT molecular complexity index is 906. The van der Waals surface area contributed by atoms with Gasteiger partial charge in [0.25, 0.3) is 10.0 Å². The van der Waals surface area contributed by atoms with Gasteiger partial charge in [-0.25, -0.2) is 8.42 Å². The summed E-state index contributed by atoms with van der Waals surface area (Å²) < 4.78 is 39.3. The molecule has 0 saturated heterocycles. The van der Waals surface area contributed by atoms with Crippen LogP contribution in [0.3, 0.4) is 0 Å². The molecule has 0 fully saturated rings. The van der Waals surface area contributed by atoms with Crippen LogP contribution in [-0.4, -0.2) is 22.1 Å². The Balaban J connectivity index is 1.92. The minimum Gasteiger partial charge on any atom is -0.495 e. The fraction of sp³-hybridized carbons (Fsp3) is 0.300. The van der Waals surface area contributed by atoms with E-state index in [0.29, 0.717) is 23.8 Å². The fourth-order valence-electron chi connectivity index (χ4n) is 3.12. The van der Waals surface area contributed by atoms with E-state index in [4.69, 9.17) is 9.47 Å². The zero-order valence-corrected chi connectivity index (χ0v) is 15.6. The summed E-state index contributed by atoms with van der Waals surface area (Å²) in [5, 5.41) is 0. The number of hydrogen-bond acceptors (Lipinski definition) is 4. The van der Waals surface area contributed by atoms with Crippen molar-refractivity contribution < 1.29 is 17.9 Å². The van der Waals surface area contributed by atoms with Crippen molar-refractivity contribution in [2.24, 2.45) is 0 Å². The summed E-state index contributed by atoms with van der Waals surface area (Å²) >= 11 is 0. The molecule has 5 nitrogen and oxygen atoms in total. The molecule has 0 spiro atoms. The van der Waals surface area contributed by atoms with Crippen molar-refractivity contribution in [2.75, 3.05) is 18.4 Å². The van der Waals surface area contributed by atoms with Crippen molar-refractivity contribution in [3.63, 3.8) is 0 Å². The summed E-state index contributed by atoms with van der Waals surface area (Å²) in [7, 11) is -2.28. The predicted molar refractivity (Wildman–Crippen MR) is 103 cm³/mol. The maximum Gasteiger partial charge on any atom is 0.265 e. The van der Waals surface area contributed by atoms with Crippen LogP contribution < -0.4 is 14.2 Å². The molecule has 0 atom stereocenters. The highest BCUT2D eigenvalue weighted by Crippen LogP contribution is 2.33. The number of anilines is 1. The van der Waals surface area contributed by atoms with Crippen LogP contribution in [0.4, 0.5) is 5.69 Å². The van der Waals surface area contributed by atoms with Gasteiger partial charge in [-0.1, -0.05) is 18.7 Å². The number of hydrogen-bond donors (Lipinski definition) is 1. The van der Waals surface area contributed by atoms with E-state index >= 15 is 0 Å². The van der Waals surface area contributed by atoms with Crippen molar-refractivity contribution in [1.29, 1.82) is 0 Å². The van der Waals surface area contributed by atoms with Crippen molar-refractivity contribution in [3.8, 4) is 11.5 Å². The number of methoxy groups -OCH3 is 1. The first-order valence-electron chi connectivity index (χ1n) is 8.60. The molecule has 1 aliphatic rings. The predicted octanol–water partition coefficient (Wildman–Crippen LogP) is 3.94. The molecule has 2 aromatic carbocycles. The van der Waals surface area contributed by atoms with E-state index in [0.717, 1.165) is 31.2 Å². The lowest BCUT2D eigenvalue weighted by Crippen LogP contribution is -2.16. The van der Waals surface area contributed by atoms with E-state index in [1.165, 1.54) is 12.7 Å². The standard InChI is InChI=1S/C20H23NO4S/c1-3-11-25-18-10-6-9-17(14-18)21-26(22,23)20-13-16-8-5-4-7-15(16)12-19(20)24-2/h3,6,9-10,12-14,21H,1,4-5,7-8,11H2,2H3. The fourth-order valence-corrected chi connectivity index (χ4v) is 4.38. The lowest BCUT2D eigenvalue weighted by atomic mass is 9.92. The molecule has 0 amide bonds. The Kier molecular flexibility index (Phi) is 5.52. The normalized spacial score (nSPS) is 13.6. The first-order chi connectivity index (χ1) is 12.5. The summed E-state index contributed by atoms with van der Waals surface area (Å²) in [4.78, 5) is 0.165. The van der Waals surface area contributed by atoms with Gasteiger partial charge in [0.15, 0.2) is 0 Å². The number of benzene rings is 2. The quantitative estimate of drug-likeness (QED) is 0.747. The van der Waals surface area contributed by atoms with E-state index in [2.05, 4.69) is 11.3 Å². The number of rotatable bonds is 7. The van der Waals surface area contributed by atoms with Gasteiger partial charge in [-0.15, -0.1) is 0 Å². The van der Waals surface area contributed by atoms with Crippen LogP contribution in [-0.2, 0) is 22.9 Å². The number of aryl methyl sites for hydroxylation is 2. The van der Waals surface area contributed by atoms with Crippen molar-refractivity contribution >= 4 is 15.7 Å². The van der Waals surface area contributed by atoms with Crippen LogP contribution in [0.5, 0.6) is 11.5 Å². The monoisotopic (exact) mass is 373 g/mol. The second-order valence-corrected chi connectivity index (χ2v) is 7.86. The first-order valence-corrected chi connectivity index (χ1v) is 10.1. The number of fused-ring (bicyclic) bond motifs is 1. The molecule has 0 aromatic heterocycles. The second kappa shape index (κ2) is 7.83. The molecule has 1 aliphatic carbocycles. The van der Waals surface area contributed by atoms with Crippen LogP contribution in [0, 0.1) is 0 Å². The van der Waals surface area contributed by atoms with Crippen molar-refractivity contribution in [2.45, 2.75) is 30.6 Å². The van der Waals surface area contributed by atoms with Crippen LogP contribution in [0.2, 0.25) is 0 Å². The topological polar surface area (TPSA) is 64.6 Å². The number of ether oxygens (including phenoxy) is 2. The summed E-state index contributed by atoms with van der Waals surface area (Å²) in [5.74, 6) is 0.944. The minimum atomic E-state index is -3.78. The maximum atomic E-state index is 12.9. The van der Waals surface area contributed by atoms with E-state index in [1.54, 1.807) is 36.4 Å². The molecule has 26 heavy (non-hydrogen) atoms. The molecule has 0 aliphatic heterocycles. The Morgan fingerprint density at radius 1 is 1.15 bits per heavy atom. The number of nitrogens with one attached hydrogen (secondary N) is 1. The molecule has 0 bridgehead atoms. The lowest BCUT2D eigenvalue weighted by Gasteiger charge is -2.19. The Morgan fingerprint density at radius 3 is 2.58 bits per heavy atom. The smallest absolute Gasteiger partial charge is 0.265 e. The van der Waals surface area contributed by atoms with Gasteiger partial charge in [0.1, 0.15) is 23.0 Å². The third-order valence-electron chi connectivity index (χ3n) is 4.37. The van der Waals surface area contributed by atoms with Gasteiger partial charge in [0, 0.05) is 6.07 Å². The van der Waals surface area contributed by atoms with E-state index < -0.39 is 10.0 Å². The molecule has 0 unspecified atom stereocenters. The molecule has 0 heterocycles. The molecule has 0 saturated carbocycles. The Hall–Kier alpha value is -2.47. The van der Waals surface area contributed by atoms with Gasteiger partial charge in [-0.3, -0.25) is 4.72 Å².